The Balaban J connectivity index is 1.12. The van der Waals surface area contributed by atoms with E-state index in [0.717, 1.165) is 54.0 Å². The molecule has 0 atom stereocenters. The molecule has 2 aromatic heterocycles. The van der Waals surface area contributed by atoms with Crippen LogP contribution >= 0.6 is 0 Å². The number of aldehydes is 1. The number of nitrogens with zero attached hydrogens (tertiary/aromatic N) is 4. The minimum atomic E-state index is -0.652. The minimum Gasteiger partial charge on any atom is -0.438 e. The normalized spacial score (nSPS) is 18.2. The highest BCUT2D eigenvalue weighted by Gasteiger charge is 2.27. The average molecular weight is 655 g/mol. The van der Waals surface area contributed by atoms with Crippen LogP contribution < -0.4 is 15.4 Å². The molecule has 0 bridgehead atoms. The summed E-state index contributed by atoms with van der Waals surface area (Å²) in [5.41, 5.74) is 4.68. The summed E-state index contributed by atoms with van der Waals surface area (Å²) in [6, 6.07) is 15.7. The van der Waals surface area contributed by atoms with Crippen molar-refractivity contribution in [1.82, 2.24) is 30.3 Å². The minimum absolute atomic E-state index is 0.00954. The summed E-state index contributed by atoms with van der Waals surface area (Å²) in [5.74, 6) is -0.934. The number of carbonyl (C=O) groups is 3. The van der Waals surface area contributed by atoms with Crippen molar-refractivity contribution in [3.05, 3.63) is 94.7 Å². The highest BCUT2D eigenvalue weighted by atomic mass is 19.1. The van der Waals surface area contributed by atoms with E-state index >= 15 is 0 Å². The number of amides is 2. The molecule has 0 spiro atoms. The third-order valence-electron chi connectivity index (χ3n) is 8.93. The first kappa shape index (κ1) is 33.0. The molecule has 2 aliphatic rings. The van der Waals surface area contributed by atoms with Gasteiger partial charge in [0, 0.05) is 50.0 Å². The van der Waals surface area contributed by atoms with Gasteiger partial charge in [0.1, 0.15) is 29.1 Å². The van der Waals surface area contributed by atoms with Gasteiger partial charge in [-0.05, 0) is 79.6 Å². The first-order valence-corrected chi connectivity index (χ1v) is 16.2. The second-order valence-electron chi connectivity index (χ2n) is 12.3. The molecule has 12 heteroatoms. The Morgan fingerprint density at radius 3 is 2.42 bits per heavy atom. The number of pyridine rings is 1. The van der Waals surface area contributed by atoms with Crippen LogP contribution in [-0.4, -0.2) is 76.2 Å². The maximum Gasteiger partial charge on any atom is 0.272 e. The molecule has 0 unspecified atom stereocenters. The van der Waals surface area contributed by atoms with Crippen LogP contribution in [-0.2, 0) is 18.3 Å². The molecule has 11 nitrogen and oxygen atoms in total. The lowest BCUT2D eigenvalue weighted by molar-refractivity contribution is 0.0342. The smallest absolute Gasteiger partial charge is 0.272 e. The van der Waals surface area contributed by atoms with E-state index in [1.165, 1.54) is 0 Å². The second-order valence-corrected chi connectivity index (χ2v) is 12.3. The molecule has 6 rings (SSSR count). The fourth-order valence-electron chi connectivity index (χ4n) is 6.19. The summed E-state index contributed by atoms with van der Waals surface area (Å²) in [7, 11) is 1.79. The Morgan fingerprint density at radius 1 is 1.00 bits per heavy atom. The summed E-state index contributed by atoms with van der Waals surface area (Å²) < 4.78 is 27.6. The molecule has 48 heavy (non-hydrogen) atoms. The number of hydrogen-bond donors (Lipinski definition) is 2. The van der Waals surface area contributed by atoms with Gasteiger partial charge in [0.15, 0.2) is 0 Å². The van der Waals surface area contributed by atoms with Crippen molar-refractivity contribution in [1.29, 1.82) is 0 Å². The standard InChI is InChI=1S/C36H39FN6O5/c1-23-16-33(41-42(23)2)35(46)40-29-9-7-28(8-10-29)39-34(45)32-19-27(37)20-38-36(32)48-30-5-3-4-25(18-30)31-11-6-24(22-44)17-26(31)21-43-12-14-47-15-13-43/h3-6,11,16-20,22,28-29H,7-10,12-15,21H2,1-2H3,(H,39,45)(H,40,46). The summed E-state index contributed by atoms with van der Waals surface area (Å²) >= 11 is 0. The summed E-state index contributed by atoms with van der Waals surface area (Å²) in [6.45, 7) is 5.49. The van der Waals surface area contributed by atoms with Crippen molar-refractivity contribution < 1.29 is 28.2 Å². The molecule has 1 aliphatic carbocycles. The molecular formula is C36H39FN6O5. The zero-order valence-corrected chi connectivity index (χ0v) is 27.1. The predicted octanol–water partition coefficient (Wildman–Crippen LogP) is 4.84. The molecular weight excluding hydrogens is 615 g/mol. The molecule has 250 valence electrons. The van der Waals surface area contributed by atoms with Gasteiger partial charge < -0.3 is 20.1 Å². The highest BCUT2D eigenvalue weighted by Crippen LogP contribution is 2.32. The van der Waals surface area contributed by atoms with Gasteiger partial charge in [-0.3, -0.25) is 24.0 Å². The van der Waals surface area contributed by atoms with Crippen molar-refractivity contribution in [3.8, 4) is 22.8 Å². The van der Waals surface area contributed by atoms with E-state index in [0.29, 0.717) is 62.4 Å². The van der Waals surface area contributed by atoms with Gasteiger partial charge in [-0.2, -0.15) is 5.10 Å². The van der Waals surface area contributed by atoms with Crippen LogP contribution in [0.2, 0.25) is 0 Å². The Hall–Kier alpha value is -4.94. The maximum atomic E-state index is 14.4. The number of hydrogen-bond acceptors (Lipinski definition) is 8. The lowest BCUT2D eigenvalue weighted by atomic mass is 9.91. The SMILES string of the molecule is Cc1cc(C(=O)NC2CCC(NC(=O)c3cc(F)cnc3Oc3cccc(-c4ccc(C=O)cc4CN4CCOCC4)c3)CC2)nn1C. The zero-order valence-electron chi connectivity index (χ0n) is 27.1. The fourth-order valence-corrected chi connectivity index (χ4v) is 6.19. The number of aryl methyl sites for hydroxylation is 2. The number of aromatic nitrogens is 3. The van der Waals surface area contributed by atoms with E-state index in [1.807, 2.05) is 37.3 Å². The predicted molar refractivity (Wildman–Crippen MR) is 177 cm³/mol. The number of carbonyl (C=O) groups excluding carboxylic acids is 3. The summed E-state index contributed by atoms with van der Waals surface area (Å²) in [4.78, 5) is 44.0. The van der Waals surface area contributed by atoms with E-state index in [-0.39, 0.29) is 29.4 Å². The number of morpholine rings is 1. The molecule has 2 amide bonds. The van der Waals surface area contributed by atoms with Crippen LogP contribution in [0.4, 0.5) is 4.39 Å². The lowest BCUT2D eigenvalue weighted by Gasteiger charge is -2.29. The topological polar surface area (TPSA) is 128 Å². The van der Waals surface area contributed by atoms with E-state index < -0.39 is 11.7 Å². The Kier molecular flexibility index (Phi) is 10.2. The van der Waals surface area contributed by atoms with Crippen molar-refractivity contribution in [2.75, 3.05) is 26.3 Å². The van der Waals surface area contributed by atoms with Gasteiger partial charge in [-0.1, -0.05) is 24.3 Å². The third kappa shape index (κ3) is 7.95. The molecule has 0 radical (unpaired) electrons. The zero-order chi connectivity index (χ0) is 33.6. The van der Waals surface area contributed by atoms with E-state index in [1.54, 1.807) is 29.9 Å². The van der Waals surface area contributed by atoms with Gasteiger partial charge >= 0.3 is 0 Å². The number of benzene rings is 2. The van der Waals surface area contributed by atoms with Crippen molar-refractivity contribution in [2.24, 2.45) is 7.05 Å². The number of rotatable bonds is 10. The molecule has 4 aromatic rings. The molecule has 1 saturated heterocycles. The maximum absolute atomic E-state index is 14.4. The highest BCUT2D eigenvalue weighted by molar-refractivity contribution is 5.96. The van der Waals surface area contributed by atoms with Gasteiger partial charge in [-0.25, -0.2) is 9.37 Å². The van der Waals surface area contributed by atoms with Crippen molar-refractivity contribution in [3.63, 3.8) is 0 Å². The lowest BCUT2D eigenvalue weighted by Crippen LogP contribution is -2.44. The summed E-state index contributed by atoms with van der Waals surface area (Å²) in [6.07, 6.45) is 4.52. The Morgan fingerprint density at radius 2 is 1.73 bits per heavy atom. The number of nitrogens with one attached hydrogen (secondary N) is 2. The van der Waals surface area contributed by atoms with Crippen molar-refractivity contribution in [2.45, 2.75) is 51.2 Å². The monoisotopic (exact) mass is 654 g/mol. The van der Waals surface area contributed by atoms with Crippen molar-refractivity contribution >= 4 is 18.1 Å². The first-order chi connectivity index (χ1) is 23.2. The number of ether oxygens (including phenoxy) is 2. The first-order valence-electron chi connectivity index (χ1n) is 16.2. The van der Waals surface area contributed by atoms with Gasteiger partial charge in [-0.15, -0.1) is 0 Å². The van der Waals surface area contributed by atoms with Gasteiger partial charge in [0.25, 0.3) is 11.8 Å². The molecule has 1 aliphatic heterocycles. The van der Waals surface area contributed by atoms with Gasteiger partial charge in [0.05, 0.1) is 19.4 Å². The molecule has 2 aromatic carbocycles. The summed E-state index contributed by atoms with van der Waals surface area (Å²) in [5, 5.41) is 10.3. The van der Waals surface area contributed by atoms with Crippen LogP contribution in [0.15, 0.2) is 60.8 Å². The largest absolute Gasteiger partial charge is 0.438 e. The van der Waals surface area contributed by atoms with Crippen LogP contribution in [0, 0.1) is 12.7 Å². The van der Waals surface area contributed by atoms with Crippen LogP contribution in [0.5, 0.6) is 11.6 Å². The molecule has 3 heterocycles. The molecule has 2 fully saturated rings. The van der Waals surface area contributed by atoms with E-state index in [4.69, 9.17) is 9.47 Å². The second kappa shape index (κ2) is 14.9. The molecule has 1 saturated carbocycles. The third-order valence-corrected chi connectivity index (χ3v) is 8.93. The fraction of sp³-hybridized carbons (Fsp3) is 0.361. The van der Waals surface area contributed by atoms with Crippen LogP contribution in [0.1, 0.15) is 68.1 Å². The van der Waals surface area contributed by atoms with E-state index in [9.17, 15) is 18.8 Å². The Labute approximate surface area is 278 Å². The van der Waals surface area contributed by atoms with Crippen LogP contribution in [0.3, 0.4) is 0 Å². The van der Waals surface area contributed by atoms with Gasteiger partial charge in [0.2, 0.25) is 5.88 Å². The van der Waals surface area contributed by atoms with Crippen LogP contribution in [0.25, 0.3) is 11.1 Å². The quantitative estimate of drug-likeness (QED) is 0.233. The van der Waals surface area contributed by atoms with E-state index in [2.05, 4.69) is 25.6 Å². The Bertz CT molecular complexity index is 1780. The molecule has 2 N–H and O–H groups in total. The number of halogens is 1. The average Bonchev–Trinajstić information content (AvgIpc) is 3.44.